The molecule has 2 N–H and O–H groups in total. The van der Waals surface area contributed by atoms with Crippen molar-refractivity contribution >= 4 is 5.91 Å². The van der Waals surface area contributed by atoms with Crippen molar-refractivity contribution in [1.82, 2.24) is 4.90 Å². The lowest BCUT2D eigenvalue weighted by molar-refractivity contribution is -0.135. The predicted molar refractivity (Wildman–Crippen MR) is 74.1 cm³/mol. The SMILES string of the molecule is CCCC1CCN(C(=O)C2CCC(CN)CC2)C1. The molecule has 1 amide bonds. The van der Waals surface area contributed by atoms with E-state index in [1.54, 1.807) is 0 Å². The van der Waals surface area contributed by atoms with Crippen molar-refractivity contribution in [3.8, 4) is 0 Å². The molecule has 0 spiro atoms. The highest BCUT2D eigenvalue weighted by Crippen LogP contribution is 2.31. The monoisotopic (exact) mass is 252 g/mol. The fourth-order valence-corrected chi connectivity index (χ4v) is 3.58. The molecule has 0 aromatic heterocycles. The number of carbonyl (C=O) groups is 1. The van der Waals surface area contributed by atoms with E-state index in [-0.39, 0.29) is 0 Å². The van der Waals surface area contributed by atoms with Gasteiger partial charge in [0, 0.05) is 19.0 Å². The van der Waals surface area contributed by atoms with Crippen LogP contribution in [0.4, 0.5) is 0 Å². The van der Waals surface area contributed by atoms with Gasteiger partial charge < -0.3 is 10.6 Å². The van der Waals surface area contributed by atoms with E-state index in [0.29, 0.717) is 17.7 Å². The number of likely N-dealkylation sites (tertiary alicyclic amines) is 1. The molecule has 0 aromatic rings. The average Bonchev–Trinajstić information content (AvgIpc) is 2.87. The second-order valence-corrected chi connectivity index (χ2v) is 6.18. The number of nitrogens with two attached hydrogens (primary N) is 1. The molecule has 1 atom stereocenters. The van der Waals surface area contributed by atoms with Gasteiger partial charge in [0.2, 0.25) is 5.91 Å². The Hall–Kier alpha value is -0.570. The summed E-state index contributed by atoms with van der Waals surface area (Å²) in [6.07, 6.45) is 8.18. The first-order valence-corrected chi connectivity index (χ1v) is 7.73. The van der Waals surface area contributed by atoms with Crippen LogP contribution < -0.4 is 5.73 Å². The van der Waals surface area contributed by atoms with Gasteiger partial charge in [0.15, 0.2) is 0 Å². The Morgan fingerprint density at radius 2 is 1.89 bits per heavy atom. The zero-order valence-electron chi connectivity index (χ0n) is 11.7. The number of hydrogen-bond acceptors (Lipinski definition) is 2. The van der Waals surface area contributed by atoms with Crippen molar-refractivity contribution < 1.29 is 4.79 Å². The summed E-state index contributed by atoms with van der Waals surface area (Å²) in [7, 11) is 0. The molecule has 1 saturated carbocycles. The highest BCUT2D eigenvalue weighted by molar-refractivity contribution is 5.79. The Balaban J connectivity index is 1.78. The molecule has 3 heteroatoms. The lowest BCUT2D eigenvalue weighted by Crippen LogP contribution is -2.37. The second-order valence-electron chi connectivity index (χ2n) is 6.18. The number of carbonyl (C=O) groups excluding carboxylic acids is 1. The van der Waals surface area contributed by atoms with Crippen molar-refractivity contribution in [1.29, 1.82) is 0 Å². The summed E-state index contributed by atoms with van der Waals surface area (Å²) in [5.41, 5.74) is 5.70. The largest absolute Gasteiger partial charge is 0.342 e. The van der Waals surface area contributed by atoms with Crippen LogP contribution in [-0.2, 0) is 4.79 Å². The van der Waals surface area contributed by atoms with E-state index in [4.69, 9.17) is 5.73 Å². The third-order valence-corrected chi connectivity index (χ3v) is 4.82. The molecule has 104 valence electrons. The van der Waals surface area contributed by atoms with Crippen molar-refractivity contribution in [2.75, 3.05) is 19.6 Å². The summed E-state index contributed by atoms with van der Waals surface area (Å²) in [6, 6.07) is 0. The first kappa shape index (κ1) is 13.9. The van der Waals surface area contributed by atoms with Crippen molar-refractivity contribution in [3.05, 3.63) is 0 Å². The molecule has 0 radical (unpaired) electrons. The van der Waals surface area contributed by atoms with Gasteiger partial charge >= 0.3 is 0 Å². The Morgan fingerprint density at radius 1 is 1.17 bits per heavy atom. The summed E-state index contributed by atoms with van der Waals surface area (Å²) in [6.45, 7) is 5.05. The zero-order valence-corrected chi connectivity index (χ0v) is 11.7. The summed E-state index contributed by atoms with van der Waals surface area (Å²) in [4.78, 5) is 14.6. The van der Waals surface area contributed by atoms with Crippen LogP contribution in [0.2, 0.25) is 0 Å². The minimum Gasteiger partial charge on any atom is -0.342 e. The van der Waals surface area contributed by atoms with Crippen LogP contribution in [-0.4, -0.2) is 30.4 Å². The molecule has 1 heterocycles. The highest BCUT2D eigenvalue weighted by atomic mass is 16.2. The normalized spacial score (nSPS) is 32.8. The molecule has 1 aliphatic heterocycles. The van der Waals surface area contributed by atoms with Crippen LogP contribution in [0.3, 0.4) is 0 Å². The third-order valence-electron chi connectivity index (χ3n) is 4.82. The van der Waals surface area contributed by atoms with Gasteiger partial charge in [-0.25, -0.2) is 0 Å². The minimum atomic E-state index is 0.299. The molecule has 0 aromatic carbocycles. The Morgan fingerprint density at radius 3 is 2.50 bits per heavy atom. The van der Waals surface area contributed by atoms with E-state index < -0.39 is 0 Å². The highest BCUT2D eigenvalue weighted by Gasteiger charge is 2.32. The molecule has 1 saturated heterocycles. The fourth-order valence-electron chi connectivity index (χ4n) is 3.58. The first-order valence-electron chi connectivity index (χ1n) is 7.73. The van der Waals surface area contributed by atoms with Gasteiger partial charge in [-0.1, -0.05) is 13.3 Å². The average molecular weight is 252 g/mol. The number of rotatable bonds is 4. The van der Waals surface area contributed by atoms with Crippen molar-refractivity contribution in [2.24, 2.45) is 23.5 Å². The lowest BCUT2D eigenvalue weighted by Gasteiger charge is -2.30. The van der Waals surface area contributed by atoms with Crippen LogP contribution in [0, 0.1) is 17.8 Å². The topological polar surface area (TPSA) is 46.3 Å². The van der Waals surface area contributed by atoms with Gasteiger partial charge in [-0.05, 0) is 56.9 Å². The molecule has 2 fully saturated rings. The Bertz CT molecular complexity index is 268. The van der Waals surface area contributed by atoms with Crippen molar-refractivity contribution in [3.63, 3.8) is 0 Å². The van der Waals surface area contributed by atoms with Gasteiger partial charge in [-0.15, -0.1) is 0 Å². The third kappa shape index (κ3) is 3.25. The van der Waals surface area contributed by atoms with Crippen LogP contribution in [0.5, 0.6) is 0 Å². The lowest BCUT2D eigenvalue weighted by atomic mass is 9.81. The van der Waals surface area contributed by atoms with Gasteiger partial charge in [0.25, 0.3) is 0 Å². The molecule has 2 rings (SSSR count). The Kier molecular flexibility index (Phi) is 5.04. The molecule has 3 nitrogen and oxygen atoms in total. The molecule has 18 heavy (non-hydrogen) atoms. The summed E-state index contributed by atoms with van der Waals surface area (Å²) in [5.74, 6) is 2.16. The van der Waals surface area contributed by atoms with Crippen LogP contribution >= 0.6 is 0 Å². The summed E-state index contributed by atoms with van der Waals surface area (Å²) < 4.78 is 0. The van der Waals surface area contributed by atoms with Gasteiger partial charge in [-0.3, -0.25) is 4.79 Å². The predicted octanol–water partition coefficient (Wildman–Crippen LogP) is 2.40. The minimum absolute atomic E-state index is 0.299. The molecular formula is C15H28N2O. The zero-order chi connectivity index (χ0) is 13.0. The smallest absolute Gasteiger partial charge is 0.225 e. The summed E-state index contributed by atoms with van der Waals surface area (Å²) in [5, 5.41) is 0. The van der Waals surface area contributed by atoms with E-state index in [0.717, 1.165) is 51.2 Å². The number of hydrogen-bond donors (Lipinski definition) is 1. The Labute approximate surface area is 111 Å². The maximum atomic E-state index is 12.4. The van der Waals surface area contributed by atoms with E-state index in [2.05, 4.69) is 11.8 Å². The number of nitrogens with zero attached hydrogens (tertiary/aromatic N) is 1. The van der Waals surface area contributed by atoms with Crippen LogP contribution in [0.1, 0.15) is 51.9 Å². The van der Waals surface area contributed by atoms with E-state index in [1.165, 1.54) is 19.3 Å². The first-order chi connectivity index (χ1) is 8.74. The summed E-state index contributed by atoms with van der Waals surface area (Å²) >= 11 is 0. The van der Waals surface area contributed by atoms with Crippen LogP contribution in [0.25, 0.3) is 0 Å². The molecule has 0 bridgehead atoms. The van der Waals surface area contributed by atoms with Crippen molar-refractivity contribution in [2.45, 2.75) is 51.9 Å². The molecule has 2 aliphatic rings. The van der Waals surface area contributed by atoms with E-state index >= 15 is 0 Å². The quantitative estimate of drug-likeness (QED) is 0.835. The van der Waals surface area contributed by atoms with Gasteiger partial charge in [0.1, 0.15) is 0 Å². The maximum absolute atomic E-state index is 12.4. The molecule has 1 unspecified atom stereocenters. The maximum Gasteiger partial charge on any atom is 0.225 e. The van der Waals surface area contributed by atoms with E-state index in [9.17, 15) is 4.79 Å². The molecule has 1 aliphatic carbocycles. The second kappa shape index (κ2) is 6.55. The van der Waals surface area contributed by atoms with Gasteiger partial charge in [-0.2, -0.15) is 0 Å². The van der Waals surface area contributed by atoms with Gasteiger partial charge in [0.05, 0.1) is 0 Å². The number of amides is 1. The molecular weight excluding hydrogens is 224 g/mol. The van der Waals surface area contributed by atoms with E-state index in [1.807, 2.05) is 0 Å². The van der Waals surface area contributed by atoms with Crippen LogP contribution in [0.15, 0.2) is 0 Å². The standard InChI is InChI=1S/C15H28N2O/c1-2-3-13-8-9-17(11-13)15(18)14-6-4-12(10-16)5-7-14/h12-14H,2-11,16H2,1H3. The fraction of sp³-hybridized carbons (Fsp3) is 0.933.